The van der Waals surface area contributed by atoms with E-state index in [0.29, 0.717) is 11.6 Å². The van der Waals surface area contributed by atoms with Crippen molar-refractivity contribution in [3.8, 4) is 6.07 Å². The first-order chi connectivity index (χ1) is 9.85. The lowest BCUT2D eigenvalue weighted by Crippen LogP contribution is -2.39. The number of hydrogen-bond donors (Lipinski definition) is 2. The van der Waals surface area contributed by atoms with Crippen LogP contribution < -0.4 is 10.2 Å². The third kappa shape index (κ3) is 2.75. The van der Waals surface area contributed by atoms with Gasteiger partial charge in [-0.3, -0.25) is 0 Å². The van der Waals surface area contributed by atoms with Gasteiger partial charge >= 0.3 is 0 Å². The van der Waals surface area contributed by atoms with Gasteiger partial charge in [0.15, 0.2) is 0 Å². The molecule has 3 heterocycles. The summed E-state index contributed by atoms with van der Waals surface area (Å²) >= 11 is 0. The summed E-state index contributed by atoms with van der Waals surface area (Å²) in [5.74, 6) is 0.962. The summed E-state index contributed by atoms with van der Waals surface area (Å²) in [4.78, 5) is 9.68. The monoisotopic (exact) mass is 267 g/mol. The Balaban J connectivity index is 1.56. The standard InChI is InChI=1S/C15H17N5/c16-9-12-1-2-15(18-10-12)20-7-4-13(5-8-20)19-14-3-6-17-11-14/h1-3,6,10-11,13,17,19H,4-5,7-8H2. The number of hydrogen-bond acceptors (Lipinski definition) is 4. The normalized spacial score (nSPS) is 15.8. The minimum Gasteiger partial charge on any atom is -0.381 e. The van der Waals surface area contributed by atoms with Crippen molar-refractivity contribution in [3.05, 3.63) is 42.4 Å². The number of piperidine rings is 1. The van der Waals surface area contributed by atoms with Crippen LogP contribution in [0.4, 0.5) is 11.5 Å². The summed E-state index contributed by atoms with van der Waals surface area (Å²) in [5, 5.41) is 12.3. The van der Waals surface area contributed by atoms with Gasteiger partial charge in [-0.15, -0.1) is 0 Å². The van der Waals surface area contributed by atoms with Gasteiger partial charge < -0.3 is 15.2 Å². The molecule has 20 heavy (non-hydrogen) atoms. The maximum Gasteiger partial charge on any atom is 0.128 e. The Kier molecular flexibility index (Phi) is 3.55. The van der Waals surface area contributed by atoms with Gasteiger partial charge in [0.25, 0.3) is 0 Å². The number of pyridine rings is 1. The van der Waals surface area contributed by atoms with E-state index in [9.17, 15) is 0 Å². The zero-order chi connectivity index (χ0) is 13.8. The molecule has 3 rings (SSSR count). The zero-order valence-corrected chi connectivity index (χ0v) is 11.2. The Labute approximate surface area is 118 Å². The van der Waals surface area contributed by atoms with Gasteiger partial charge in [0.2, 0.25) is 0 Å². The second-order valence-corrected chi connectivity index (χ2v) is 5.02. The maximum atomic E-state index is 8.78. The second kappa shape index (κ2) is 5.66. The van der Waals surface area contributed by atoms with E-state index in [4.69, 9.17) is 5.26 Å². The van der Waals surface area contributed by atoms with Crippen LogP contribution in [0.15, 0.2) is 36.8 Å². The largest absolute Gasteiger partial charge is 0.381 e. The maximum absolute atomic E-state index is 8.78. The van der Waals surface area contributed by atoms with Gasteiger partial charge in [0, 0.05) is 37.7 Å². The van der Waals surface area contributed by atoms with Crippen LogP contribution in [0.1, 0.15) is 18.4 Å². The molecule has 0 amide bonds. The van der Waals surface area contributed by atoms with Gasteiger partial charge in [-0.05, 0) is 31.0 Å². The van der Waals surface area contributed by atoms with E-state index < -0.39 is 0 Å². The molecule has 1 aliphatic heterocycles. The molecule has 2 aromatic rings. The van der Waals surface area contributed by atoms with Gasteiger partial charge in [0.05, 0.1) is 11.3 Å². The predicted molar refractivity (Wildman–Crippen MR) is 78.6 cm³/mol. The molecule has 0 saturated carbocycles. The van der Waals surface area contributed by atoms with Crippen molar-refractivity contribution in [1.29, 1.82) is 5.26 Å². The molecule has 1 saturated heterocycles. The van der Waals surface area contributed by atoms with Crippen molar-refractivity contribution < 1.29 is 0 Å². The number of anilines is 2. The number of aromatic amines is 1. The van der Waals surface area contributed by atoms with Crippen molar-refractivity contribution in [2.24, 2.45) is 0 Å². The lowest BCUT2D eigenvalue weighted by molar-refractivity contribution is 0.523. The number of rotatable bonds is 3. The highest BCUT2D eigenvalue weighted by Gasteiger charge is 2.19. The lowest BCUT2D eigenvalue weighted by atomic mass is 10.0. The summed E-state index contributed by atoms with van der Waals surface area (Å²) in [6, 6.07) is 8.41. The smallest absolute Gasteiger partial charge is 0.128 e. The quantitative estimate of drug-likeness (QED) is 0.896. The molecule has 0 aromatic carbocycles. The third-order valence-corrected chi connectivity index (χ3v) is 3.66. The van der Waals surface area contributed by atoms with Crippen LogP contribution in [-0.2, 0) is 0 Å². The third-order valence-electron chi connectivity index (χ3n) is 3.66. The van der Waals surface area contributed by atoms with E-state index in [1.807, 2.05) is 24.5 Å². The first-order valence-corrected chi connectivity index (χ1v) is 6.85. The highest BCUT2D eigenvalue weighted by atomic mass is 15.2. The minimum atomic E-state index is 0.514. The average Bonchev–Trinajstić information content (AvgIpc) is 3.01. The molecular formula is C15H17N5. The summed E-state index contributed by atoms with van der Waals surface area (Å²) in [6.07, 6.45) is 7.73. The molecule has 1 aliphatic rings. The Morgan fingerprint density at radius 3 is 2.75 bits per heavy atom. The van der Waals surface area contributed by atoms with E-state index in [1.165, 1.54) is 0 Å². The molecule has 2 aromatic heterocycles. The van der Waals surface area contributed by atoms with Crippen molar-refractivity contribution in [2.75, 3.05) is 23.3 Å². The molecule has 0 aliphatic carbocycles. The highest BCUT2D eigenvalue weighted by Crippen LogP contribution is 2.20. The first-order valence-electron chi connectivity index (χ1n) is 6.85. The van der Waals surface area contributed by atoms with Gasteiger partial charge in [-0.2, -0.15) is 5.26 Å². The molecule has 2 N–H and O–H groups in total. The molecule has 0 radical (unpaired) electrons. The number of nitrogens with one attached hydrogen (secondary N) is 2. The molecule has 5 nitrogen and oxygen atoms in total. The fourth-order valence-corrected chi connectivity index (χ4v) is 2.54. The topological polar surface area (TPSA) is 67.7 Å². The SMILES string of the molecule is N#Cc1ccc(N2CCC(Nc3cc[nH]c3)CC2)nc1. The number of aromatic nitrogens is 2. The van der Waals surface area contributed by atoms with Crippen molar-refractivity contribution in [3.63, 3.8) is 0 Å². The highest BCUT2D eigenvalue weighted by molar-refractivity contribution is 5.44. The van der Waals surface area contributed by atoms with E-state index in [1.54, 1.807) is 6.20 Å². The predicted octanol–water partition coefficient (Wildman–Crippen LogP) is 2.36. The van der Waals surface area contributed by atoms with Crippen molar-refractivity contribution in [2.45, 2.75) is 18.9 Å². The number of H-pyrrole nitrogens is 1. The summed E-state index contributed by atoms with van der Waals surface area (Å²) in [6.45, 7) is 1.97. The molecule has 1 fully saturated rings. The summed E-state index contributed by atoms with van der Waals surface area (Å²) in [7, 11) is 0. The van der Waals surface area contributed by atoms with Crippen LogP contribution >= 0.6 is 0 Å². The lowest BCUT2D eigenvalue weighted by Gasteiger charge is -2.33. The fourth-order valence-electron chi connectivity index (χ4n) is 2.54. The number of nitriles is 1. The van der Waals surface area contributed by atoms with Gasteiger partial charge in [-0.1, -0.05) is 0 Å². The Hall–Kier alpha value is -2.48. The van der Waals surface area contributed by atoms with Gasteiger partial charge in [-0.25, -0.2) is 4.98 Å². The van der Waals surface area contributed by atoms with E-state index in [-0.39, 0.29) is 0 Å². The average molecular weight is 267 g/mol. The molecule has 5 heteroatoms. The molecule has 0 spiro atoms. The molecule has 102 valence electrons. The Bertz CT molecular complexity index is 574. The van der Waals surface area contributed by atoms with Crippen LogP contribution in [-0.4, -0.2) is 29.1 Å². The molecule has 0 unspecified atom stereocenters. The molecular weight excluding hydrogens is 250 g/mol. The van der Waals surface area contributed by atoms with Gasteiger partial charge in [0.1, 0.15) is 11.9 Å². The minimum absolute atomic E-state index is 0.514. The van der Waals surface area contributed by atoms with Crippen LogP contribution in [0.3, 0.4) is 0 Å². The summed E-state index contributed by atoms with van der Waals surface area (Å²) in [5.41, 5.74) is 1.76. The second-order valence-electron chi connectivity index (χ2n) is 5.02. The van der Waals surface area contributed by atoms with E-state index in [0.717, 1.165) is 37.4 Å². The van der Waals surface area contributed by atoms with Crippen LogP contribution in [0.5, 0.6) is 0 Å². The Morgan fingerprint density at radius 1 is 1.30 bits per heavy atom. The van der Waals surface area contributed by atoms with Crippen molar-refractivity contribution in [1.82, 2.24) is 9.97 Å². The number of nitrogens with zero attached hydrogens (tertiary/aromatic N) is 3. The molecule has 0 bridgehead atoms. The van der Waals surface area contributed by atoms with Crippen LogP contribution in [0, 0.1) is 11.3 Å². The van der Waals surface area contributed by atoms with Crippen LogP contribution in [0.2, 0.25) is 0 Å². The summed E-state index contributed by atoms with van der Waals surface area (Å²) < 4.78 is 0. The first kappa shape index (κ1) is 12.5. The Morgan fingerprint density at radius 2 is 2.15 bits per heavy atom. The van der Waals surface area contributed by atoms with Crippen LogP contribution in [0.25, 0.3) is 0 Å². The van der Waals surface area contributed by atoms with E-state index >= 15 is 0 Å². The molecule has 0 atom stereocenters. The fraction of sp³-hybridized carbons (Fsp3) is 0.333. The van der Waals surface area contributed by atoms with E-state index in [2.05, 4.69) is 32.3 Å². The van der Waals surface area contributed by atoms with Crippen molar-refractivity contribution >= 4 is 11.5 Å². The zero-order valence-electron chi connectivity index (χ0n) is 11.2.